The molecule has 68 valence electrons. The van der Waals surface area contributed by atoms with Gasteiger partial charge in [-0.15, -0.1) is 13.2 Å². The fraction of sp³-hybridized carbons (Fsp3) is 0.400. The van der Waals surface area contributed by atoms with Gasteiger partial charge in [-0.25, -0.2) is 0 Å². The average Bonchev–Trinajstić information content (AvgIpc) is 2.02. The lowest BCUT2D eigenvalue weighted by Gasteiger charge is -2.04. The van der Waals surface area contributed by atoms with E-state index in [1.807, 2.05) is 12.2 Å². The summed E-state index contributed by atoms with van der Waals surface area (Å²) in [6.07, 6.45) is 9.00. The van der Waals surface area contributed by atoms with Crippen LogP contribution in [-0.2, 0) is 0 Å². The molecule has 2 atom stereocenters. The first-order chi connectivity index (χ1) is 5.70. The van der Waals surface area contributed by atoms with Gasteiger partial charge in [0.15, 0.2) is 0 Å². The van der Waals surface area contributed by atoms with Crippen molar-refractivity contribution in [3.8, 4) is 0 Å². The largest absolute Gasteiger partial charge is 0.324 e. The minimum absolute atomic E-state index is 0.0402. The van der Waals surface area contributed by atoms with Crippen LogP contribution in [0.5, 0.6) is 0 Å². The summed E-state index contributed by atoms with van der Waals surface area (Å²) in [6, 6.07) is 0.0803. The lowest BCUT2D eigenvalue weighted by molar-refractivity contribution is 0.794. The molecule has 0 bridgehead atoms. The van der Waals surface area contributed by atoms with Gasteiger partial charge < -0.3 is 11.5 Å². The Kier molecular flexibility index (Phi) is 6.34. The third kappa shape index (κ3) is 5.89. The zero-order valence-electron chi connectivity index (χ0n) is 7.45. The predicted octanol–water partition coefficient (Wildman–Crippen LogP) is 1.35. The topological polar surface area (TPSA) is 52.0 Å². The van der Waals surface area contributed by atoms with E-state index in [0.717, 1.165) is 12.8 Å². The van der Waals surface area contributed by atoms with Crippen LogP contribution in [0.2, 0.25) is 0 Å². The molecule has 0 aliphatic carbocycles. The van der Waals surface area contributed by atoms with Gasteiger partial charge in [0.1, 0.15) is 0 Å². The van der Waals surface area contributed by atoms with Crippen molar-refractivity contribution in [2.45, 2.75) is 24.9 Å². The van der Waals surface area contributed by atoms with E-state index in [1.54, 1.807) is 12.2 Å². The van der Waals surface area contributed by atoms with Gasteiger partial charge in [-0.05, 0) is 12.8 Å². The van der Waals surface area contributed by atoms with Crippen molar-refractivity contribution in [1.29, 1.82) is 0 Å². The summed E-state index contributed by atoms with van der Waals surface area (Å²) in [4.78, 5) is 0. The Labute approximate surface area is 74.6 Å². The van der Waals surface area contributed by atoms with Crippen molar-refractivity contribution in [2.24, 2.45) is 11.5 Å². The minimum Gasteiger partial charge on any atom is -0.324 e. The molecule has 0 saturated carbocycles. The summed E-state index contributed by atoms with van der Waals surface area (Å²) in [7, 11) is 0. The van der Waals surface area contributed by atoms with E-state index in [0.29, 0.717) is 0 Å². The second-order valence-electron chi connectivity index (χ2n) is 2.76. The van der Waals surface area contributed by atoms with Gasteiger partial charge in [0, 0.05) is 12.1 Å². The van der Waals surface area contributed by atoms with Crippen molar-refractivity contribution in [3.63, 3.8) is 0 Å². The maximum Gasteiger partial charge on any atom is 0.0259 e. The zero-order chi connectivity index (χ0) is 9.40. The van der Waals surface area contributed by atoms with Crippen LogP contribution in [0, 0.1) is 0 Å². The molecule has 0 aromatic carbocycles. The Hall–Kier alpha value is -0.860. The molecule has 0 heterocycles. The Morgan fingerprint density at radius 1 is 0.917 bits per heavy atom. The van der Waals surface area contributed by atoms with E-state index in [2.05, 4.69) is 13.2 Å². The summed E-state index contributed by atoms with van der Waals surface area (Å²) in [5.41, 5.74) is 11.4. The molecule has 0 spiro atoms. The van der Waals surface area contributed by atoms with Crippen LogP contribution in [0.25, 0.3) is 0 Å². The van der Waals surface area contributed by atoms with Crippen LogP contribution in [0.3, 0.4) is 0 Å². The van der Waals surface area contributed by atoms with Gasteiger partial charge in [0.25, 0.3) is 0 Å². The van der Waals surface area contributed by atoms with Crippen molar-refractivity contribution in [1.82, 2.24) is 0 Å². The van der Waals surface area contributed by atoms with Gasteiger partial charge in [-0.1, -0.05) is 24.3 Å². The molecule has 2 unspecified atom stereocenters. The first-order valence-electron chi connectivity index (χ1n) is 4.12. The Balaban J connectivity index is 3.70. The number of hydrogen-bond donors (Lipinski definition) is 2. The standard InChI is InChI=1S/C10H18N2/c1-3-5-9(11)7-8-10(12)6-4-2/h3-4,7-10H,1-2,5-6,11-12H2/b8-7+. The van der Waals surface area contributed by atoms with Gasteiger partial charge in [-0.3, -0.25) is 0 Å². The fourth-order valence-electron chi connectivity index (χ4n) is 0.827. The van der Waals surface area contributed by atoms with E-state index in [-0.39, 0.29) is 12.1 Å². The monoisotopic (exact) mass is 166 g/mol. The lowest BCUT2D eigenvalue weighted by atomic mass is 10.1. The third-order valence-electron chi connectivity index (χ3n) is 1.48. The molecule has 0 fully saturated rings. The van der Waals surface area contributed by atoms with E-state index < -0.39 is 0 Å². The van der Waals surface area contributed by atoms with Gasteiger partial charge >= 0.3 is 0 Å². The highest BCUT2D eigenvalue weighted by molar-refractivity contribution is 5.00. The first kappa shape index (κ1) is 11.1. The number of hydrogen-bond acceptors (Lipinski definition) is 2. The molecule has 0 aliphatic heterocycles. The van der Waals surface area contributed by atoms with Crippen LogP contribution in [0.4, 0.5) is 0 Å². The highest BCUT2D eigenvalue weighted by Crippen LogP contribution is 1.95. The van der Waals surface area contributed by atoms with Gasteiger partial charge in [-0.2, -0.15) is 0 Å². The van der Waals surface area contributed by atoms with E-state index in [4.69, 9.17) is 11.5 Å². The van der Waals surface area contributed by atoms with Crippen molar-refractivity contribution >= 4 is 0 Å². The quantitative estimate of drug-likeness (QED) is 0.585. The smallest absolute Gasteiger partial charge is 0.0259 e. The predicted molar refractivity (Wildman–Crippen MR) is 54.7 cm³/mol. The second-order valence-corrected chi connectivity index (χ2v) is 2.76. The fourth-order valence-corrected chi connectivity index (χ4v) is 0.827. The molecule has 0 aliphatic rings. The molecular formula is C10H18N2. The number of nitrogens with two attached hydrogens (primary N) is 2. The molecule has 0 amide bonds. The van der Waals surface area contributed by atoms with Crippen molar-refractivity contribution in [2.75, 3.05) is 0 Å². The molecule has 2 heteroatoms. The molecule has 4 N–H and O–H groups in total. The summed E-state index contributed by atoms with van der Waals surface area (Å²) in [5, 5.41) is 0. The van der Waals surface area contributed by atoms with Crippen LogP contribution in [0.1, 0.15) is 12.8 Å². The summed E-state index contributed by atoms with van der Waals surface area (Å²) >= 11 is 0. The van der Waals surface area contributed by atoms with E-state index in [1.165, 1.54) is 0 Å². The zero-order valence-corrected chi connectivity index (χ0v) is 7.45. The normalized spacial score (nSPS) is 15.8. The maximum atomic E-state index is 5.69. The molecule has 0 saturated heterocycles. The van der Waals surface area contributed by atoms with Crippen molar-refractivity contribution in [3.05, 3.63) is 37.5 Å². The third-order valence-corrected chi connectivity index (χ3v) is 1.48. The summed E-state index contributed by atoms with van der Waals surface area (Å²) in [5.74, 6) is 0. The molecule has 0 aromatic heterocycles. The molecule has 0 rings (SSSR count). The summed E-state index contributed by atoms with van der Waals surface area (Å²) in [6.45, 7) is 7.21. The van der Waals surface area contributed by atoms with Crippen LogP contribution >= 0.6 is 0 Å². The molecule has 0 radical (unpaired) electrons. The van der Waals surface area contributed by atoms with Crippen molar-refractivity contribution < 1.29 is 0 Å². The maximum absolute atomic E-state index is 5.69. The Morgan fingerprint density at radius 2 is 1.25 bits per heavy atom. The first-order valence-corrected chi connectivity index (χ1v) is 4.12. The molecule has 2 nitrogen and oxygen atoms in total. The van der Waals surface area contributed by atoms with E-state index in [9.17, 15) is 0 Å². The van der Waals surface area contributed by atoms with Crippen LogP contribution in [-0.4, -0.2) is 12.1 Å². The second kappa shape index (κ2) is 6.83. The minimum atomic E-state index is 0.0402. The lowest BCUT2D eigenvalue weighted by Crippen LogP contribution is -2.20. The highest BCUT2D eigenvalue weighted by Gasteiger charge is 1.95. The highest BCUT2D eigenvalue weighted by atomic mass is 14.6. The Morgan fingerprint density at radius 3 is 1.50 bits per heavy atom. The van der Waals surface area contributed by atoms with Crippen LogP contribution in [0.15, 0.2) is 37.5 Å². The molecular weight excluding hydrogens is 148 g/mol. The average molecular weight is 166 g/mol. The van der Waals surface area contributed by atoms with E-state index >= 15 is 0 Å². The molecule has 0 aromatic rings. The Bertz CT molecular complexity index is 143. The van der Waals surface area contributed by atoms with Gasteiger partial charge in [0.2, 0.25) is 0 Å². The molecule has 12 heavy (non-hydrogen) atoms. The summed E-state index contributed by atoms with van der Waals surface area (Å²) < 4.78 is 0. The SMILES string of the molecule is C=CCC(N)/C=C/C(N)CC=C. The number of rotatable bonds is 6. The van der Waals surface area contributed by atoms with Gasteiger partial charge in [0.05, 0.1) is 0 Å². The van der Waals surface area contributed by atoms with Crippen LogP contribution < -0.4 is 11.5 Å².